The van der Waals surface area contributed by atoms with Crippen LogP contribution in [0, 0.1) is 0 Å². The summed E-state index contributed by atoms with van der Waals surface area (Å²) in [5, 5.41) is 3.74. The number of nitrogens with two attached hydrogens (primary N) is 2. The van der Waals surface area contributed by atoms with Gasteiger partial charge in [-0.15, -0.1) is 0 Å². The van der Waals surface area contributed by atoms with E-state index in [4.69, 9.17) is 11.5 Å². The van der Waals surface area contributed by atoms with Gasteiger partial charge >= 0.3 is 0 Å². The topological polar surface area (TPSA) is 114 Å². The number of piperidine rings is 1. The first-order valence-electron chi connectivity index (χ1n) is 7.15. The fourth-order valence-electron chi connectivity index (χ4n) is 2.39. The van der Waals surface area contributed by atoms with Gasteiger partial charge in [0.1, 0.15) is 16.7 Å². The van der Waals surface area contributed by atoms with Crippen LogP contribution in [-0.2, 0) is 4.79 Å². The Morgan fingerprint density at radius 1 is 1.48 bits per heavy atom. The molecule has 1 aliphatic heterocycles. The van der Waals surface area contributed by atoms with Gasteiger partial charge < -0.3 is 21.7 Å². The molecule has 1 aromatic rings. The summed E-state index contributed by atoms with van der Waals surface area (Å²) in [5.74, 6) is -0.508. The first-order chi connectivity index (χ1) is 10.0. The molecule has 1 unspecified atom stereocenters. The van der Waals surface area contributed by atoms with Crippen molar-refractivity contribution in [2.45, 2.75) is 38.6 Å². The Balaban J connectivity index is 2.18. The highest BCUT2D eigenvalue weighted by Gasteiger charge is 2.33. The highest BCUT2D eigenvalue weighted by Crippen LogP contribution is 2.28. The summed E-state index contributed by atoms with van der Waals surface area (Å²) in [6.07, 6.45) is 3.34. The lowest BCUT2D eigenvalue weighted by Crippen LogP contribution is -2.50. The number of hydrogen-bond acceptors (Lipinski definition) is 6. The number of rotatable bonds is 5. The number of carbonyl (C=O) groups is 2. The van der Waals surface area contributed by atoms with Crippen LogP contribution in [0.2, 0.25) is 0 Å². The molecule has 7 nitrogen and oxygen atoms in total. The van der Waals surface area contributed by atoms with Gasteiger partial charge in [-0.25, -0.2) is 4.98 Å². The van der Waals surface area contributed by atoms with Crippen molar-refractivity contribution < 1.29 is 9.59 Å². The third-order valence-corrected chi connectivity index (χ3v) is 4.48. The molecule has 1 saturated heterocycles. The Morgan fingerprint density at radius 2 is 2.24 bits per heavy atom. The van der Waals surface area contributed by atoms with Crippen molar-refractivity contribution in [2.24, 2.45) is 5.73 Å². The monoisotopic (exact) mass is 311 g/mol. The predicted molar refractivity (Wildman–Crippen MR) is 83.2 cm³/mol. The summed E-state index contributed by atoms with van der Waals surface area (Å²) in [6, 6.07) is -0.542. The first kappa shape index (κ1) is 15.6. The summed E-state index contributed by atoms with van der Waals surface area (Å²) in [6.45, 7) is 3.34. The van der Waals surface area contributed by atoms with Gasteiger partial charge in [-0.3, -0.25) is 9.59 Å². The van der Waals surface area contributed by atoms with Crippen LogP contribution < -0.4 is 16.8 Å². The third-order valence-electron chi connectivity index (χ3n) is 3.47. The molecule has 0 spiro atoms. The number of nitrogens with zero attached hydrogens (tertiary/aromatic N) is 2. The highest BCUT2D eigenvalue weighted by atomic mass is 32.1. The van der Waals surface area contributed by atoms with E-state index < -0.39 is 11.9 Å². The molecule has 1 aliphatic rings. The molecule has 2 rings (SSSR count). The molecular weight excluding hydrogens is 290 g/mol. The Labute approximate surface area is 127 Å². The molecule has 21 heavy (non-hydrogen) atoms. The zero-order valence-electron chi connectivity index (χ0n) is 12.1. The molecule has 1 aromatic heterocycles. The lowest BCUT2D eigenvalue weighted by Gasteiger charge is -2.33. The van der Waals surface area contributed by atoms with Crippen LogP contribution in [0.15, 0.2) is 0 Å². The van der Waals surface area contributed by atoms with E-state index in [1.807, 2.05) is 6.92 Å². The number of carbonyl (C=O) groups excluding carboxylic acids is 2. The van der Waals surface area contributed by atoms with Gasteiger partial charge in [0.15, 0.2) is 5.13 Å². The van der Waals surface area contributed by atoms with Crippen LogP contribution in [0.5, 0.6) is 0 Å². The molecule has 0 aromatic carbocycles. The third kappa shape index (κ3) is 3.44. The number of likely N-dealkylation sites (tertiary alicyclic amines) is 1. The van der Waals surface area contributed by atoms with Gasteiger partial charge in [0.05, 0.1) is 0 Å². The molecule has 0 radical (unpaired) electrons. The second-order valence-electron chi connectivity index (χ2n) is 5.07. The number of aromatic nitrogens is 1. The van der Waals surface area contributed by atoms with Gasteiger partial charge in [-0.2, -0.15) is 0 Å². The van der Waals surface area contributed by atoms with E-state index in [1.54, 1.807) is 0 Å². The van der Waals surface area contributed by atoms with Crippen molar-refractivity contribution in [1.29, 1.82) is 0 Å². The zero-order valence-corrected chi connectivity index (χ0v) is 12.9. The second kappa shape index (κ2) is 6.75. The molecule has 2 heterocycles. The molecule has 8 heteroatoms. The standard InChI is InChI=1S/C13H21N5O2S/c1-2-6-16-13-17-10(14)9(21-13)12(20)18-7-4-3-5-8(18)11(15)19/h8H,2-7,14H2,1H3,(H2,15,19)(H,16,17). The quantitative estimate of drug-likeness (QED) is 0.751. The molecule has 116 valence electrons. The fraction of sp³-hybridized carbons (Fsp3) is 0.615. The zero-order chi connectivity index (χ0) is 15.4. The van der Waals surface area contributed by atoms with E-state index in [9.17, 15) is 9.59 Å². The van der Waals surface area contributed by atoms with E-state index >= 15 is 0 Å². The fourth-order valence-corrected chi connectivity index (χ4v) is 3.26. The SMILES string of the molecule is CCCNc1nc(N)c(C(=O)N2CCCCC2C(N)=O)s1. The normalized spacial score (nSPS) is 18.5. The number of amides is 2. The molecule has 1 atom stereocenters. The summed E-state index contributed by atoms with van der Waals surface area (Å²) < 4.78 is 0. The van der Waals surface area contributed by atoms with E-state index in [2.05, 4.69) is 10.3 Å². The average Bonchev–Trinajstić information content (AvgIpc) is 2.85. The number of anilines is 2. The average molecular weight is 311 g/mol. The van der Waals surface area contributed by atoms with Crippen molar-refractivity contribution in [1.82, 2.24) is 9.88 Å². The van der Waals surface area contributed by atoms with Crippen molar-refractivity contribution in [3.05, 3.63) is 4.88 Å². The van der Waals surface area contributed by atoms with E-state index in [1.165, 1.54) is 16.2 Å². The Bertz CT molecular complexity index is 531. The summed E-state index contributed by atoms with van der Waals surface area (Å²) in [4.78, 5) is 30.2. The lowest BCUT2D eigenvalue weighted by molar-refractivity contribution is -0.123. The lowest BCUT2D eigenvalue weighted by atomic mass is 10.0. The van der Waals surface area contributed by atoms with Crippen LogP contribution in [0.1, 0.15) is 42.3 Å². The maximum absolute atomic E-state index is 12.6. The van der Waals surface area contributed by atoms with E-state index in [-0.39, 0.29) is 11.7 Å². The van der Waals surface area contributed by atoms with Gasteiger partial charge in [0.25, 0.3) is 5.91 Å². The number of nitrogens with one attached hydrogen (secondary N) is 1. The van der Waals surface area contributed by atoms with Gasteiger partial charge in [0, 0.05) is 13.1 Å². The minimum atomic E-state index is -0.542. The molecular formula is C13H21N5O2S. The van der Waals surface area contributed by atoms with Gasteiger partial charge in [0.2, 0.25) is 5.91 Å². The largest absolute Gasteiger partial charge is 0.382 e. The predicted octanol–water partition coefficient (Wildman–Crippen LogP) is 1.03. The van der Waals surface area contributed by atoms with Crippen LogP contribution in [0.4, 0.5) is 10.9 Å². The van der Waals surface area contributed by atoms with E-state index in [0.29, 0.717) is 23.0 Å². The first-order valence-corrected chi connectivity index (χ1v) is 7.96. The van der Waals surface area contributed by atoms with E-state index in [0.717, 1.165) is 25.8 Å². The minimum Gasteiger partial charge on any atom is -0.382 e. The number of primary amides is 1. The summed E-state index contributed by atoms with van der Waals surface area (Å²) >= 11 is 1.22. The maximum atomic E-state index is 12.6. The van der Waals surface area contributed by atoms with Crippen LogP contribution in [0.3, 0.4) is 0 Å². The van der Waals surface area contributed by atoms with Crippen molar-refractivity contribution >= 4 is 34.1 Å². The van der Waals surface area contributed by atoms with Gasteiger partial charge in [-0.1, -0.05) is 18.3 Å². The molecule has 1 fully saturated rings. The minimum absolute atomic E-state index is 0.206. The van der Waals surface area contributed by atoms with Crippen LogP contribution >= 0.6 is 11.3 Å². The summed E-state index contributed by atoms with van der Waals surface area (Å²) in [7, 11) is 0. The molecule has 2 amide bonds. The maximum Gasteiger partial charge on any atom is 0.268 e. The molecule has 0 bridgehead atoms. The Morgan fingerprint density at radius 3 is 2.90 bits per heavy atom. The summed E-state index contributed by atoms with van der Waals surface area (Å²) in [5.41, 5.74) is 11.2. The highest BCUT2D eigenvalue weighted by molar-refractivity contribution is 7.18. The molecule has 5 N–H and O–H groups in total. The molecule has 0 aliphatic carbocycles. The van der Waals surface area contributed by atoms with Crippen LogP contribution in [0.25, 0.3) is 0 Å². The number of hydrogen-bond donors (Lipinski definition) is 3. The van der Waals surface area contributed by atoms with Crippen molar-refractivity contribution in [3.8, 4) is 0 Å². The smallest absolute Gasteiger partial charge is 0.268 e. The van der Waals surface area contributed by atoms with Crippen molar-refractivity contribution in [2.75, 3.05) is 24.1 Å². The van der Waals surface area contributed by atoms with Crippen LogP contribution in [-0.4, -0.2) is 40.8 Å². The Kier molecular flexibility index (Phi) is 5.00. The number of nitrogen functional groups attached to an aromatic ring is 1. The molecule has 0 saturated carbocycles. The Hall–Kier alpha value is -1.83. The second-order valence-corrected chi connectivity index (χ2v) is 6.07. The van der Waals surface area contributed by atoms with Crippen molar-refractivity contribution in [3.63, 3.8) is 0 Å². The van der Waals surface area contributed by atoms with Gasteiger partial charge in [-0.05, 0) is 25.7 Å². The number of thiazole rings is 1.